The zero-order valence-electron chi connectivity index (χ0n) is 11.7. The summed E-state index contributed by atoms with van der Waals surface area (Å²) < 4.78 is 61.6. The van der Waals surface area contributed by atoms with E-state index < -0.39 is 27.3 Å². The lowest BCUT2D eigenvalue weighted by atomic mass is 10.1. The fourth-order valence-electron chi connectivity index (χ4n) is 1.92. The molecule has 0 atom stereocenters. The van der Waals surface area contributed by atoms with Crippen LogP contribution in [0.15, 0.2) is 41.3 Å². The molecule has 0 spiro atoms. The maximum atomic E-state index is 13.1. The second-order valence-electron chi connectivity index (χ2n) is 4.85. The molecule has 3 nitrogen and oxygen atoms in total. The van der Waals surface area contributed by atoms with Gasteiger partial charge in [0.1, 0.15) is 0 Å². The van der Waals surface area contributed by atoms with Crippen LogP contribution >= 0.6 is 0 Å². The van der Waals surface area contributed by atoms with Gasteiger partial charge < -0.3 is 5.32 Å². The van der Waals surface area contributed by atoms with Crippen molar-refractivity contribution in [3.8, 4) is 0 Å². The molecule has 0 heterocycles. The molecule has 1 N–H and O–H groups in total. The van der Waals surface area contributed by atoms with Gasteiger partial charge in [-0.3, -0.25) is 0 Å². The van der Waals surface area contributed by atoms with E-state index >= 15 is 0 Å². The van der Waals surface area contributed by atoms with E-state index in [1.165, 1.54) is 12.1 Å². The molecule has 118 valence electrons. The lowest BCUT2D eigenvalue weighted by Crippen LogP contribution is -2.06. The Bertz CT molecular complexity index is 751. The van der Waals surface area contributed by atoms with Crippen molar-refractivity contribution in [2.75, 3.05) is 18.1 Å². The normalized spacial score (nSPS) is 11.5. The van der Waals surface area contributed by atoms with Crippen molar-refractivity contribution in [1.29, 1.82) is 0 Å². The van der Waals surface area contributed by atoms with Gasteiger partial charge in [-0.25, -0.2) is 21.6 Å². The predicted octanol–water partition coefficient (Wildman–Crippen LogP) is 3.16. The lowest BCUT2D eigenvalue weighted by Gasteiger charge is -2.08. The summed E-state index contributed by atoms with van der Waals surface area (Å²) >= 11 is 0. The van der Waals surface area contributed by atoms with Crippen LogP contribution in [0.2, 0.25) is 0 Å². The van der Waals surface area contributed by atoms with Gasteiger partial charge in [-0.05, 0) is 48.4 Å². The van der Waals surface area contributed by atoms with Crippen molar-refractivity contribution in [3.63, 3.8) is 0 Å². The van der Waals surface area contributed by atoms with E-state index in [0.717, 1.165) is 18.4 Å². The SMILES string of the molecule is CS(=O)(=O)c1ccc(NCCc2cc(F)c(F)c(F)c2)cc1. The van der Waals surface area contributed by atoms with Gasteiger partial charge in [-0.15, -0.1) is 0 Å². The summed E-state index contributed by atoms with van der Waals surface area (Å²) in [6.45, 7) is 0.364. The van der Waals surface area contributed by atoms with Crippen LogP contribution in [0.25, 0.3) is 0 Å². The Kier molecular flexibility index (Phi) is 4.75. The minimum atomic E-state index is -3.24. The van der Waals surface area contributed by atoms with Gasteiger partial charge in [-0.2, -0.15) is 0 Å². The van der Waals surface area contributed by atoms with Crippen LogP contribution in [-0.2, 0) is 16.3 Å². The molecule has 0 amide bonds. The molecule has 0 unspecified atom stereocenters. The summed E-state index contributed by atoms with van der Waals surface area (Å²) in [5.74, 6) is -3.91. The van der Waals surface area contributed by atoms with Crippen LogP contribution in [0.5, 0.6) is 0 Å². The molecule has 2 aromatic carbocycles. The highest BCUT2D eigenvalue weighted by Gasteiger charge is 2.10. The molecule has 2 aromatic rings. The van der Waals surface area contributed by atoms with Crippen LogP contribution in [-0.4, -0.2) is 21.2 Å². The molecule has 7 heteroatoms. The third-order valence-corrected chi connectivity index (χ3v) is 4.20. The quantitative estimate of drug-likeness (QED) is 0.857. The molecular weight excluding hydrogens is 315 g/mol. The molecule has 0 aliphatic heterocycles. The number of halogens is 3. The monoisotopic (exact) mass is 329 g/mol. The molecule has 0 saturated carbocycles. The summed E-state index contributed by atoms with van der Waals surface area (Å²) in [4.78, 5) is 0.209. The van der Waals surface area contributed by atoms with Gasteiger partial charge >= 0.3 is 0 Å². The van der Waals surface area contributed by atoms with Crippen molar-refractivity contribution in [2.24, 2.45) is 0 Å². The first-order valence-electron chi connectivity index (χ1n) is 6.45. The van der Waals surface area contributed by atoms with Crippen LogP contribution in [0.1, 0.15) is 5.56 Å². The minimum Gasteiger partial charge on any atom is -0.385 e. The number of benzene rings is 2. The van der Waals surface area contributed by atoms with E-state index in [9.17, 15) is 21.6 Å². The molecule has 0 aromatic heterocycles. The molecule has 0 fully saturated rings. The van der Waals surface area contributed by atoms with E-state index in [1.807, 2.05) is 0 Å². The molecular formula is C15H14F3NO2S. The topological polar surface area (TPSA) is 46.2 Å². The molecule has 0 bridgehead atoms. The average Bonchev–Trinajstić information content (AvgIpc) is 2.44. The van der Waals surface area contributed by atoms with Gasteiger partial charge in [0.05, 0.1) is 4.90 Å². The maximum Gasteiger partial charge on any atom is 0.194 e. The Labute approximate surface area is 126 Å². The zero-order valence-corrected chi connectivity index (χ0v) is 12.6. The number of hydrogen-bond donors (Lipinski definition) is 1. The highest BCUT2D eigenvalue weighted by molar-refractivity contribution is 7.90. The highest BCUT2D eigenvalue weighted by Crippen LogP contribution is 2.16. The van der Waals surface area contributed by atoms with Crippen molar-refractivity contribution in [1.82, 2.24) is 0 Å². The van der Waals surface area contributed by atoms with E-state index in [4.69, 9.17) is 0 Å². The Hall–Kier alpha value is -2.02. The summed E-state index contributed by atoms with van der Waals surface area (Å²) in [6, 6.07) is 8.04. The first-order valence-corrected chi connectivity index (χ1v) is 8.34. The summed E-state index contributed by atoms with van der Waals surface area (Å²) in [5.41, 5.74) is 1.01. The standard InChI is InChI=1S/C15H14F3NO2S/c1-22(20,21)12-4-2-11(3-5-12)19-7-6-10-8-13(16)15(18)14(17)9-10/h2-5,8-9,19H,6-7H2,1H3. The Morgan fingerprint density at radius 2 is 1.55 bits per heavy atom. The van der Waals surface area contributed by atoms with E-state index in [-0.39, 0.29) is 4.90 Å². The van der Waals surface area contributed by atoms with Gasteiger partial charge in [0, 0.05) is 18.5 Å². The maximum absolute atomic E-state index is 13.1. The Balaban J connectivity index is 1.97. The predicted molar refractivity (Wildman–Crippen MR) is 78.1 cm³/mol. The van der Waals surface area contributed by atoms with Crippen molar-refractivity contribution in [2.45, 2.75) is 11.3 Å². The van der Waals surface area contributed by atoms with Crippen molar-refractivity contribution in [3.05, 3.63) is 59.4 Å². The van der Waals surface area contributed by atoms with Crippen LogP contribution in [0, 0.1) is 17.5 Å². The summed E-state index contributed by atoms with van der Waals surface area (Å²) in [7, 11) is -3.24. The zero-order chi connectivity index (χ0) is 16.3. The van der Waals surface area contributed by atoms with Gasteiger partial charge in [0.2, 0.25) is 0 Å². The fraction of sp³-hybridized carbons (Fsp3) is 0.200. The van der Waals surface area contributed by atoms with Gasteiger partial charge in [0.15, 0.2) is 27.3 Å². The molecule has 22 heavy (non-hydrogen) atoms. The largest absolute Gasteiger partial charge is 0.385 e. The van der Waals surface area contributed by atoms with Crippen LogP contribution in [0.4, 0.5) is 18.9 Å². The van der Waals surface area contributed by atoms with E-state index in [2.05, 4.69) is 5.32 Å². The smallest absolute Gasteiger partial charge is 0.194 e. The van der Waals surface area contributed by atoms with Crippen LogP contribution < -0.4 is 5.32 Å². The minimum absolute atomic E-state index is 0.209. The van der Waals surface area contributed by atoms with Gasteiger partial charge in [0.25, 0.3) is 0 Å². The average molecular weight is 329 g/mol. The summed E-state index contributed by atoms with van der Waals surface area (Å²) in [6.07, 6.45) is 1.41. The van der Waals surface area contributed by atoms with Crippen molar-refractivity contribution < 1.29 is 21.6 Å². The number of hydrogen-bond acceptors (Lipinski definition) is 3. The molecule has 2 rings (SSSR count). The number of anilines is 1. The Morgan fingerprint density at radius 1 is 1.00 bits per heavy atom. The van der Waals surface area contributed by atoms with Crippen molar-refractivity contribution >= 4 is 15.5 Å². The third-order valence-electron chi connectivity index (χ3n) is 3.07. The van der Waals surface area contributed by atoms with E-state index in [0.29, 0.717) is 24.2 Å². The highest BCUT2D eigenvalue weighted by atomic mass is 32.2. The second-order valence-corrected chi connectivity index (χ2v) is 6.86. The number of nitrogens with one attached hydrogen (secondary N) is 1. The fourth-order valence-corrected chi connectivity index (χ4v) is 2.55. The number of sulfone groups is 1. The number of rotatable bonds is 5. The molecule has 0 radical (unpaired) electrons. The van der Waals surface area contributed by atoms with Crippen LogP contribution in [0.3, 0.4) is 0 Å². The second kappa shape index (κ2) is 6.39. The lowest BCUT2D eigenvalue weighted by molar-refractivity contribution is 0.445. The Morgan fingerprint density at radius 3 is 2.05 bits per heavy atom. The third kappa shape index (κ3) is 4.00. The molecule has 0 aliphatic rings. The van der Waals surface area contributed by atoms with Gasteiger partial charge in [-0.1, -0.05) is 0 Å². The molecule has 0 aliphatic carbocycles. The van der Waals surface area contributed by atoms with E-state index in [1.54, 1.807) is 12.1 Å². The summed E-state index contributed by atoms with van der Waals surface area (Å²) in [5, 5.41) is 2.99. The first kappa shape index (κ1) is 16.4. The first-order chi connectivity index (χ1) is 10.3. The molecule has 0 saturated heterocycles.